The Bertz CT molecular complexity index is 644. The highest BCUT2D eigenvalue weighted by atomic mass is 79.9. The van der Waals surface area contributed by atoms with Gasteiger partial charge >= 0.3 is 0 Å². The van der Waals surface area contributed by atoms with Crippen LogP contribution in [0.5, 0.6) is 0 Å². The van der Waals surface area contributed by atoms with Gasteiger partial charge in [0.05, 0.1) is 10.5 Å². The summed E-state index contributed by atoms with van der Waals surface area (Å²) < 4.78 is 28.6. The van der Waals surface area contributed by atoms with Gasteiger partial charge in [0.2, 0.25) is 0 Å². The number of aryl methyl sites for hydroxylation is 1. The van der Waals surface area contributed by atoms with Gasteiger partial charge in [-0.1, -0.05) is 22.0 Å². The van der Waals surface area contributed by atoms with Crippen LogP contribution in [0.2, 0.25) is 0 Å². The first-order valence-corrected chi connectivity index (χ1v) is 7.64. The lowest BCUT2D eigenvalue weighted by Gasteiger charge is -2.18. The fourth-order valence-corrected chi connectivity index (χ4v) is 2.76. The third-order valence-corrected chi connectivity index (χ3v) is 4.17. The highest BCUT2D eigenvalue weighted by Crippen LogP contribution is 2.28. The number of benzene rings is 2. The van der Waals surface area contributed by atoms with Gasteiger partial charge in [0.15, 0.2) is 0 Å². The highest BCUT2D eigenvalue weighted by molar-refractivity contribution is 9.10. The maximum Gasteiger partial charge on any atom is 0.139 e. The van der Waals surface area contributed by atoms with Crippen molar-refractivity contribution in [3.63, 3.8) is 0 Å². The van der Waals surface area contributed by atoms with Gasteiger partial charge in [0.25, 0.3) is 0 Å². The molecule has 2 aromatic rings. The Balaban J connectivity index is 2.27. The standard InChI is InChI=1S/C15H13Br2F2N/c1-8-5-12(17)14(19)7-15(8)20-9(2)11-4-3-10(16)6-13(11)18/h3-7,9,20H,1-2H3. The topological polar surface area (TPSA) is 12.0 Å². The Morgan fingerprint density at radius 3 is 2.40 bits per heavy atom. The molecule has 0 aromatic heterocycles. The van der Waals surface area contributed by atoms with Crippen LogP contribution in [-0.4, -0.2) is 0 Å². The quantitative estimate of drug-likeness (QED) is 0.664. The van der Waals surface area contributed by atoms with Crippen LogP contribution in [0.3, 0.4) is 0 Å². The van der Waals surface area contributed by atoms with Gasteiger partial charge in [-0.3, -0.25) is 0 Å². The number of halogens is 4. The smallest absolute Gasteiger partial charge is 0.139 e. The van der Waals surface area contributed by atoms with Crippen molar-refractivity contribution >= 4 is 37.5 Å². The number of rotatable bonds is 3. The average molecular weight is 405 g/mol. The summed E-state index contributed by atoms with van der Waals surface area (Å²) in [6.07, 6.45) is 0. The fourth-order valence-electron chi connectivity index (χ4n) is 1.97. The normalized spacial score (nSPS) is 12.3. The summed E-state index contributed by atoms with van der Waals surface area (Å²) in [7, 11) is 0. The Kier molecular flexibility index (Phi) is 4.81. The summed E-state index contributed by atoms with van der Waals surface area (Å²) in [5.41, 5.74) is 2.08. The van der Waals surface area contributed by atoms with Crippen molar-refractivity contribution in [2.24, 2.45) is 0 Å². The molecule has 0 bridgehead atoms. The Morgan fingerprint density at radius 2 is 1.75 bits per heavy atom. The first-order chi connectivity index (χ1) is 9.38. The van der Waals surface area contributed by atoms with Gasteiger partial charge in [-0.25, -0.2) is 8.78 Å². The fraction of sp³-hybridized carbons (Fsp3) is 0.200. The lowest BCUT2D eigenvalue weighted by atomic mass is 10.1. The zero-order chi connectivity index (χ0) is 14.9. The van der Waals surface area contributed by atoms with E-state index in [9.17, 15) is 8.78 Å². The molecule has 1 unspecified atom stereocenters. The van der Waals surface area contributed by atoms with E-state index >= 15 is 0 Å². The zero-order valence-corrected chi connectivity index (χ0v) is 14.1. The van der Waals surface area contributed by atoms with E-state index < -0.39 is 0 Å². The van der Waals surface area contributed by atoms with Gasteiger partial charge < -0.3 is 5.32 Å². The zero-order valence-electron chi connectivity index (χ0n) is 11.0. The molecular weight excluding hydrogens is 392 g/mol. The van der Waals surface area contributed by atoms with Crippen molar-refractivity contribution in [1.82, 2.24) is 0 Å². The van der Waals surface area contributed by atoms with Crippen molar-refractivity contribution in [3.05, 3.63) is 62.0 Å². The summed E-state index contributed by atoms with van der Waals surface area (Å²) in [6, 6.07) is 7.76. The van der Waals surface area contributed by atoms with Crippen LogP contribution in [0, 0.1) is 18.6 Å². The minimum atomic E-state index is -0.346. The molecule has 0 saturated carbocycles. The summed E-state index contributed by atoms with van der Waals surface area (Å²) in [6.45, 7) is 3.71. The predicted octanol–water partition coefficient (Wildman–Crippen LogP) is 5.97. The Hall–Kier alpha value is -0.940. The first kappa shape index (κ1) is 15.4. The van der Waals surface area contributed by atoms with Gasteiger partial charge in [-0.05, 0) is 59.6 Å². The van der Waals surface area contributed by atoms with Crippen molar-refractivity contribution in [2.45, 2.75) is 19.9 Å². The molecule has 1 nitrogen and oxygen atoms in total. The largest absolute Gasteiger partial charge is 0.378 e. The molecule has 0 spiro atoms. The molecule has 0 amide bonds. The third kappa shape index (κ3) is 3.38. The maximum absolute atomic E-state index is 13.9. The van der Waals surface area contributed by atoms with E-state index in [2.05, 4.69) is 37.2 Å². The van der Waals surface area contributed by atoms with Crippen LogP contribution >= 0.6 is 31.9 Å². The van der Waals surface area contributed by atoms with E-state index in [0.717, 1.165) is 5.56 Å². The van der Waals surface area contributed by atoms with Gasteiger partial charge in [0.1, 0.15) is 11.6 Å². The molecule has 5 heteroatoms. The van der Waals surface area contributed by atoms with Crippen molar-refractivity contribution in [3.8, 4) is 0 Å². The second kappa shape index (κ2) is 6.22. The second-order valence-electron chi connectivity index (χ2n) is 4.61. The van der Waals surface area contributed by atoms with Crippen LogP contribution < -0.4 is 5.32 Å². The van der Waals surface area contributed by atoms with E-state index in [1.807, 2.05) is 13.8 Å². The maximum atomic E-state index is 13.9. The van der Waals surface area contributed by atoms with Gasteiger partial charge in [0, 0.05) is 15.7 Å². The molecule has 0 fully saturated rings. The molecule has 0 heterocycles. The lowest BCUT2D eigenvalue weighted by Crippen LogP contribution is -2.10. The Labute approximate surface area is 133 Å². The SMILES string of the molecule is Cc1cc(Br)c(F)cc1NC(C)c1ccc(Br)cc1F. The van der Waals surface area contributed by atoms with Gasteiger partial charge in [-0.15, -0.1) is 0 Å². The molecular formula is C15H13Br2F2N. The minimum Gasteiger partial charge on any atom is -0.378 e. The number of hydrogen-bond donors (Lipinski definition) is 1. The molecule has 2 rings (SSSR count). The molecule has 0 aliphatic rings. The molecule has 20 heavy (non-hydrogen) atoms. The monoisotopic (exact) mass is 403 g/mol. The van der Waals surface area contributed by atoms with Crippen LogP contribution in [0.25, 0.3) is 0 Å². The number of hydrogen-bond acceptors (Lipinski definition) is 1. The molecule has 0 aliphatic heterocycles. The van der Waals surface area contributed by atoms with Crippen molar-refractivity contribution in [1.29, 1.82) is 0 Å². The first-order valence-electron chi connectivity index (χ1n) is 6.05. The van der Waals surface area contributed by atoms with E-state index in [1.54, 1.807) is 18.2 Å². The van der Waals surface area contributed by atoms with Crippen LogP contribution in [0.15, 0.2) is 39.3 Å². The molecule has 0 radical (unpaired) electrons. The molecule has 0 saturated heterocycles. The summed E-state index contributed by atoms with van der Waals surface area (Å²) in [5, 5.41) is 3.14. The lowest BCUT2D eigenvalue weighted by molar-refractivity contribution is 0.599. The molecule has 0 aliphatic carbocycles. The minimum absolute atomic E-state index is 0.262. The average Bonchev–Trinajstić information content (AvgIpc) is 2.35. The number of nitrogens with one attached hydrogen (secondary N) is 1. The molecule has 106 valence electrons. The molecule has 2 aromatic carbocycles. The van der Waals surface area contributed by atoms with Gasteiger partial charge in [-0.2, -0.15) is 0 Å². The number of anilines is 1. The molecule has 1 atom stereocenters. The summed E-state index contributed by atoms with van der Waals surface area (Å²) >= 11 is 6.37. The van der Waals surface area contributed by atoms with Crippen LogP contribution in [-0.2, 0) is 0 Å². The van der Waals surface area contributed by atoms with E-state index in [1.165, 1.54) is 12.1 Å². The van der Waals surface area contributed by atoms with Crippen molar-refractivity contribution < 1.29 is 8.78 Å². The summed E-state index contributed by atoms with van der Waals surface area (Å²) in [5.74, 6) is -0.642. The van der Waals surface area contributed by atoms with E-state index in [-0.39, 0.29) is 17.7 Å². The van der Waals surface area contributed by atoms with E-state index in [4.69, 9.17) is 0 Å². The second-order valence-corrected chi connectivity index (χ2v) is 6.38. The Morgan fingerprint density at radius 1 is 1.05 bits per heavy atom. The highest BCUT2D eigenvalue weighted by Gasteiger charge is 2.13. The van der Waals surface area contributed by atoms with Crippen molar-refractivity contribution in [2.75, 3.05) is 5.32 Å². The van der Waals surface area contributed by atoms with Crippen LogP contribution in [0.4, 0.5) is 14.5 Å². The molecule has 1 N–H and O–H groups in total. The van der Waals surface area contributed by atoms with E-state index in [0.29, 0.717) is 20.2 Å². The summed E-state index contributed by atoms with van der Waals surface area (Å²) in [4.78, 5) is 0. The predicted molar refractivity (Wildman–Crippen MR) is 85.0 cm³/mol. The van der Waals surface area contributed by atoms with Crippen LogP contribution in [0.1, 0.15) is 24.1 Å². The third-order valence-electron chi connectivity index (χ3n) is 3.07.